The van der Waals surface area contributed by atoms with Gasteiger partial charge in [-0.15, -0.1) is 0 Å². The highest BCUT2D eigenvalue weighted by Crippen LogP contribution is 2.28. The van der Waals surface area contributed by atoms with E-state index in [1.54, 1.807) is 13.0 Å². The number of carbonyl (C=O) groups excluding carboxylic acids is 1. The van der Waals surface area contributed by atoms with Crippen LogP contribution in [0.3, 0.4) is 0 Å². The van der Waals surface area contributed by atoms with E-state index in [4.69, 9.17) is 16.0 Å². The molecular formula is C16H9ClF2O2. The second-order valence-corrected chi connectivity index (χ2v) is 5.06. The van der Waals surface area contributed by atoms with Gasteiger partial charge < -0.3 is 4.42 Å². The highest BCUT2D eigenvalue weighted by Gasteiger charge is 2.20. The summed E-state index contributed by atoms with van der Waals surface area (Å²) in [6, 6.07) is 7.76. The number of ketones is 1. The fourth-order valence-electron chi connectivity index (χ4n) is 2.18. The maximum Gasteiger partial charge on any atom is 0.228 e. The van der Waals surface area contributed by atoms with Gasteiger partial charge in [-0.3, -0.25) is 4.79 Å². The van der Waals surface area contributed by atoms with Gasteiger partial charge in [0.25, 0.3) is 0 Å². The Bertz CT molecular complexity index is 868. The van der Waals surface area contributed by atoms with Gasteiger partial charge in [0.15, 0.2) is 5.76 Å². The SMILES string of the molecule is Cc1c(C(=O)c2ccc(F)c(Cl)c2)oc2cc(F)ccc12. The number of aryl methyl sites for hydroxylation is 1. The molecule has 1 heterocycles. The van der Waals surface area contributed by atoms with Crippen LogP contribution in [0.15, 0.2) is 40.8 Å². The van der Waals surface area contributed by atoms with Gasteiger partial charge in [0, 0.05) is 22.6 Å². The zero-order valence-electron chi connectivity index (χ0n) is 10.9. The van der Waals surface area contributed by atoms with E-state index in [1.807, 2.05) is 0 Å². The second kappa shape index (κ2) is 4.97. The first kappa shape index (κ1) is 13.8. The summed E-state index contributed by atoms with van der Waals surface area (Å²) in [5.74, 6) is -1.37. The fraction of sp³-hybridized carbons (Fsp3) is 0.0625. The van der Waals surface area contributed by atoms with Crippen molar-refractivity contribution >= 4 is 28.4 Å². The smallest absolute Gasteiger partial charge is 0.228 e. The van der Waals surface area contributed by atoms with Gasteiger partial charge in [-0.05, 0) is 37.3 Å². The molecule has 0 unspecified atom stereocenters. The van der Waals surface area contributed by atoms with Gasteiger partial charge in [-0.2, -0.15) is 0 Å². The first-order chi connectivity index (χ1) is 9.97. The van der Waals surface area contributed by atoms with E-state index in [1.165, 1.54) is 24.3 Å². The lowest BCUT2D eigenvalue weighted by Gasteiger charge is -2.00. The lowest BCUT2D eigenvalue weighted by atomic mass is 10.0. The van der Waals surface area contributed by atoms with E-state index in [2.05, 4.69) is 0 Å². The number of hydrogen-bond donors (Lipinski definition) is 0. The summed E-state index contributed by atoms with van der Waals surface area (Å²) in [4.78, 5) is 12.4. The summed E-state index contributed by atoms with van der Waals surface area (Å²) < 4.78 is 31.8. The van der Waals surface area contributed by atoms with Crippen LogP contribution in [0.1, 0.15) is 21.7 Å². The Morgan fingerprint density at radius 1 is 1.14 bits per heavy atom. The third-order valence-corrected chi connectivity index (χ3v) is 3.58. The third-order valence-electron chi connectivity index (χ3n) is 3.29. The number of carbonyl (C=O) groups is 1. The van der Waals surface area contributed by atoms with Crippen molar-refractivity contribution in [2.75, 3.05) is 0 Å². The summed E-state index contributed by atoms with van der Waals surface area (Å²) >= 11 is 5.68. The largest absolute Gasteiger partial charge is 0.452 e. The molecule has 2 aromatic carbocycles. The molecule has 0 spiro atoms. The van der Waals surface area contributed by atoms with Crippen molar-refractivity contribution in [3.8, 4) is 0 Å². The van der Waals surface area contributed by atoms with E-state index >= 15 is 0 Å². The van der Waals surface area contributed by atoms with Gasteiger partial charge in [0.2, 0.25) is 5.78 Å². The molecule has 5 heteroatoms. The number of rotatable bonds is 2. The molecule has 0 atom stereocenters. The van der Waals surface area contributed by atoms with Crippen molar-refractivity contribution in [1.82, 2.24) is 0 Å². The zero-order valence-corrected chi connectivity index (χ0v) is 11.7. The Hall–Kier alpha value is -2.20. The van der Waals surface area contributed by atoms with Gasteiger partial charge >= 0.3 is 0 Å². The summed E-state index contributed by atoms with van der Waals surface area (Å²) in [5, 5.41) is 0.522. The molecule has 0 saturated heterocycles. The summed E-state index contributed by atoms with van der Waals surface area (Å²) in [7, 11) is 0. The van der Waals surface area contributed by atoms with Crippen molar-refractivity contribution in [2.24, 2.45) is 0 Å². The molecular weight excluding hydrogens is 298 g/mol. The minimum Gasteiger partial charge on any atom is -0.452 e. The Morgan fingerprint density at radius 2 is 1.90 bits per heavy atom. The number of hydrogen-bond acceptors (Lipinski definition) is 2. The van der Waals surface area contributed by atoms with Crippen LogP contribution in [0, 0.1) is 18.6 Å². The summed E-state index contributed by atoms with van der Waals surface area (Å²) in [6.07, 6.45) is 0. The molecule has 0 aliphatic rings. The molecule has 3 aromatic rings. The highest BCUT2D eigenvalue weighted by atomic mass is 35.5. The molecule has 1 aromatic heterocycles. The van der Waals surface area contributed by atoms with E-state index in [-0.39, 0.29) is 16.3 Å². The minimum atomic E-state index is -0.600. The van der Waals surface area contributed by atoms with Crippen LogP contribution in [-0.4, -0.2) is 5.78 Å². The maximum absolute atomic E-state index is 13.2. The molecule has 106 valence electrons. The number of fused-ring (bicyclic) bond motifs is 1. The lowest BCUT2D eigenvalue weighted by Crippen LogP contribution is -2.01. The number of benzene rings is 2. The first-order valence-corrected chi connectivity index (χ1v) is 6.53. The van der Waals surface area contributed by atoms with Gasteiger partial charge in [-0.25, -0.2) is 8.78 Å². The van der Waals surface area contributed by atoms with Crippen molar-refractivity contribution in [2.45, 2.75) is 6.92 Å². The topological polar surface area (TPSA) is 30.2 Å². The second-order valence-electron chi connectivity index (χ2n) is 4.65. The van der Waals surface area contributed by atoms with Gasteiger partial charge in [0.1, 0.15) is 17.2 Å². The monoisotopic (exact) mass is 306 g/mol. The van der Waals surface area contributed by atoms with Crippen LogP contribution in [0.4, 0.5) is 8.78 Å². The van der Waals surface area contributed by atoms with E-state index in [0.717, 1.165) is 6.07 Å². The maximum atomic E-state index is 13.2. The van der Waals surface area contributed by atoms with E-state index < -0.39 is 17.4 Å². The number of furan rings is 1. The van der Waals surface area contributed by atoms with Crippen molar-refractivity contribution in [3.63, 3.8) is 0 Å². The highest BCUT2D eigenvalue weighted by molar-refractivity contribution is 6.31. The zero-order chi connectivity index (χ0) is 15.1. The molecule has 0 aliphatic carbocycles. The van der Waals surface area contributed by atoms with E-state index in [9.17, 15) is 13.6 Å². The molecule has 0 bridgehead atoms. The van der Waals surface area contributed by atoms with Crippen LogP contribution in [-0.2, 0) is 0 Å². The Morgan fingerprint density at radius 3 is 2.62 bits per heavy atom. The Kier molecular flexibility index (Phi) is 3.26. The molecule has 0 saturated carbocycles. The van der Waals surface area contributed by atoms with Gasteiger partial charge in [-0.1, -0.05) is 11.6 Å². The summed E-state index contributed by atoms with van der Waals surface area (Å²) in [6.45, 7) is 1.71. The fourth-order valence-corrected chi connectivity index (χ4v) is 2.36. The van der Waals surface area contributed by atoms with Crippen molar-refractivity contribution < 1.29 is 18.0 Å². The molecule has 0 fully saturated rings. The average Bonchev–Trinajstić information content (AvgIpc) is 2.77. The van der Waals surface area contributed by atoms with E-state index in [0.29, 0.717) is 16.5 Å². The van der Waals surface area contributed by atoms with Gasteiger partial charge in [0.05, 0.1) is 5.02 Å². The van der Waals surface area contributed by atoms with Crippen LogP contribution < -0.4 is 0 Å². The minimum absolute atomic E-state index is 0.0956. The molecule has 21 heavy (non-hydrogen) atoms. The van der Waals surface area contributed by atoms with Crippen molar-refractivity contribution in [3.05, 3.63) is 69.9 Å². The summed E-state index contributed by atoms with van der Waals surface area (Å²) in [5.41, 5.74) is 1.11. The molecule has 0 radical (unpaired) electrons. The predicted molar refractivity (Wildman–Crippen MR) is 75.8 cm³/mol. The normalized spacial score (nSPS) is 11.0. The van der Waals surface area contributed by atoms with Crippen LogP contribution in [0.25, 0.3) is 11.0 Å². The van der Waals surface area contributed by atoms with Crippen LogP contribution >= 0.6 is 11.6 Å². The molecule has 0 amide bonds. The van der Waals surface area contributed by atoms with Crippen LogP contribution in [0.5, 0.6) is 0 Å². The molecule has 0 aliphatic heterocycles. The lowest BCUT2D eigenvalue weighted by molar-refractivity contribution is 0.101. The molecule has 3 rings (SSSR count). The molecule has 2 nitrogen and oxygen atoms in total. The number of halogens is 3. The molecule has 0 N–H and O–H groups in total. The average molecular weight is 307 g/mol. The first-order valence-electron chi connectivity index (χ1n) is 6.16. The Labute approximate surface area is 123 Å². The third kappa shape index (κ3) is 2.32. The van der Waals surface area contributed by atoms with Crippen LogP contribution in [0.2, 0.25) is 5.02 Å². The standard InChI is InChI=1S/C16H9ClF2O2/c1-8-11-4-3-10(18)7-14(11)21-16(8)15(20)9-2-5-13(19)12(17)6-9/h2-7H,1H3. The Balaban J connectivity index is 2.13. The van der Waals surface area contributed by atoms with Crippen molar-refractivity contribution in [1.29, 1.82) is 0 Å². The quantitative estimate of drug-likeness (QED) is 0.630. The predicted octanol–water partition coefficient (Wildman–Crippen LogP) is 4.90.